The lowest BCUT2D eigenvalue weighted by atomic mass is 9.75. The SMILES string of the molecule is CC=C1C(=O)N2C(C(=O)O)=C3[C@@H](CCC[C@H]3OC)[C@H]12. The van der Waals surface area contributed by atoms with Crippen molar-refractivity contribution in [2.75, 3.05) is 7.11 Å². The van der Waals surface area contributed by atoms with E-state index in [9.17, 15) is 14.7 Å². The van der Waals surface area contributed by atoms with Crippen LogP contribution in [0.3, 0.4) is 0 Å². The zero-order valence-corrected chi connectivity index (χ0v) is 11.0. The first-order chi connectivity index (χ1) is 9.11. The first-order valence-electron chi connectivity index (χ1n) is 6.61. The van der Waals surface area contributed by atoms with Crippen LogP contribution in [0.5, 0.6) is 0 Å². The maximum atomic E-state index is 12.0. The van der Waals surface area contributed by atoms with Gasteiger partial charge in [0.15, 0.2) is 0 Å². The second-order valence-electron chi connectivity index (χ2n) is 5.23. The fourth-order valence-corrected chi connectivity index (χ4v) is 3.74. The van der Waals surface area contributed by atoms with E-state index in [1.165, 1.54) is 4.90 Å². The zero-order chi connectivity index (χ0) is 13.7. The summed E-state index contributed by atoms with van der Waals surface area (Å²) in [7, 11) is 1.60. The van der Waals surface area contributed by atoms with Crippen molar-refractivity contribution in [3.05, 3.63) is 22.9 Å². The Morgan fingerprint density at radius 2 is 2.21 bits per heavy atom. The molecule has 0 aromatic heterocycles. The van der Waals surface area contributed by atoms with Crippen molar-refractivity contribution >= 4 is 11.9 Å². The zero-order valence-electron chi connectivity index (χ0n) is 11.0. The number of nitrogens with zero attached hydrogens (tertiary/aromatic N) is 1. The Morgan fingerprint density at radius 3 is 2.79 bits per heavy atom. The lowest BCUT2D eigenvalue weighted by molar-refractivity contribution is -0.142. The van der Waals surface area contributed by atoms with Gasteiger partial charge in [0.25, 0.3) is 5.91 Å². The van der Waals surface area contributed by atoms with E-state index in [1.807, 2.05) is 13.0 Å². The molecule has 1 saturated carbocycles. The fourth-order valence-electron chi connectivity index (χ4n) is 3.74. The number of allylic oxidation sites excluding steroid dienone is 1. The van der Waals surface area contributed by atoms with E-state index in [2.05, 4.69) is 0 Å². The molecule has 0 aromatic carbocycles. The third kappa shape index (κ3) is 1.45. The van der Waals surface area contributed by atoms with Crippen LogP contribution in [-0.4, -0.2) is 41.1 Å². The molecule has 3 atom stereocenters. The molecule has 1 amide bonds. The molecule has 0 bridgehead atoms. The van der Waals surface area contributed by atoms with Gasteiger partial charge in [0.2, 0.25) is 0 Å². The highest BCUT2D eigenvalue weighted by atomic mass is 16.5. The van der Waals surface area contributed by atoms with Gasteiger partial charge in [-0.15, -0.1) is 0 Å². The largest absolute Gasteiger partial charge is 0.477 e. The van der Waals surface area contributed by atoms with Gasteiger partial charge in [0.1, 0.15) is 5.70 Å². The molecule has 2 fully saturated rings. The van der Waals surface area contributed by atoms with Gasteiger partial charge in [0, 0.05) is 18.6 Å². The van der Waals surface area contributed by atoms with Crippen molar-refractivity contribution in [3.8, 4) is 0 Å². The summed E-state index contributed by atoms with van der Waals surface area (Å²) in [6, 6.07) is -0.0726. The molecule has 3 rings (SSSR count). The highest BCUT2D eigenvalue weighted by Crippen LogP contribution is 2.51. The molecule has 1 aliphatic carbocycles. The number of ether oxygens (including phenoxy) is 1. The molecule has 0 radical (unpaired) electrons. The maximum absolute atomic E-state index is 12.0. The van der Waals surface area contributed by atoms with Gasteiger partial charge in [-0.3, -0.25) is 9.69 Å². The molecule has 0 spiro atoms. The summed E-state index contributed by atoms with van der Waals surface area (Å²) in [5, 5.41) is 9.44. The molecule has 1 N–H and O–H groups in total. The van der Waals surface area contributed by atoms with E-state index in [4.69, 9.17) is 4.74 Å². The average Bonchev–Trinajstić information content (AvgIpc) is 2.70. The van der Waals surface area contributed by atoms with Crippen LogP contribution in [-0.2, 0) is 14.3 Å². The number of carbonyl (C=O) groups excluding carboxylic acids is 1. The van der Waals surface area contributed by atoms with Gasteiger partial charge in [-0.2, -0.15) is 0 Å². The highest BCUT2D eigenvalue weighted by molar-refractivity contribution is 6.09. The molecule has 5 heteroatoms. The molecular formula is C14H17NO4. The van der Waals surface area contributed by atoms with Crippen LogP contribution in [0.1, 0.15) is 26.2 Å². The number of carboxylic acids is 1. The average molecular weight is 263 g/mol. The molecular weight excluding hydrogens is 246 g/mol. The summed E-state index contributed by atoms with van der Waals surface area (Å²) in [5.74, 6) is -1.06. The van der Waals surface area contributed by atoms with Crippen LogP contribution in [0.2, 0.25) is 0 Å². The van der Waals surface area contributed by atoms with Gasteiger partial charge >= 0.3 is 5.97 Å². The van der Waals surface area contributed by atoms with E-state index in [1.54, 1.807) is 7.11 Å². The van der Waals surface area contributed by atoms with E-state index < -0.39 is 5.97 Å². The summed E-state index contributed by atoms with van der Waals surface area (Å²) in [5.41, 5.74) is 1.73. The molecule has 5 nitrogen and oxygen atoms in total. The van der Waals surface area contributed by atoms with Crippen LogP contribution < -0.4 is 0 Å². The first-order valence-corrected chi connectivity index (χ1v) is 6.61. The number of fused-ring (bicyclic) bond motifs is 3. The standard InChI is InChI=1S/C14H17NO4/c1-3-7-11-8-5-4-6-9(19-2)10(8)12(14(17)18)15(11)13(7)16/h3,8-9,11H,4-6H2,1-2H3,(H,17,18)/t8-,9-,11+/m1/s1. The number of carboxylic acid groups (broad SMARTS) is 1. The van der Waals surface area contributed by atoms with Gasteiger partial charge < -0.3 is 9.84 Å². The normalized spacial score (nSPS) is 35.3. The summed E-state index contributed by atoms with van der Waals surface area (Å²) in [6.07, 6.45) is 4.41. The molecule has 1 saturated heterocycles. The summed E-state index contributed by atoms with van der Waals surface area (Å²) >= 11 is 0. The number of hydrogen-bond acceptors (Lipinski definition) is 3. The second-order valence-corrected chi connectivity index (χ2v) is 5.23. The van der Waals surface area contributed by atoms with Crippen LogP contribution >= 0.6 is 0 Å². The minimum atomic E-state index is -1.02. The number of β-lactam (4-membered cyclic amide) rings is 1. The molecule has 2 heterocycles. The van der Waals surface area contributed by atoms with Crippen LogP contribution in [0, 0.1) is 5.92 Å². The quantitative estimate of drug-likeness (QED) is 0.602. The summed E-state index contributed by atoms with van der Waals surface area (Å²) in [4.78, 5) is 25.0. The molecule has 0 unspecified atom stereocenters. The van der Waals surface area contributed by atoms with Crippen molar-refractivity contribution in [1.29, 1.82) is 0 Å². The minimum Gasteiger partial charge on any atom is -0.477 e. The Labute approximate surface area is 111 Å². The van der Waals surface area contributed by atoms with E-state index in [0.717, 1.165) is 30.4 Å². The van der Waals surface area contributed by atoms with Gasteiger partial charge in [-0.05, 0) is 31.8 Å². The number of rotatable bonds is 2. The topological polar surface area (TPSA) is 66.8 Å². The molecule has 19 heavy (non-hydrogen) atoms. The smallest absolute Gasteiger partial charge is 0.352 e. The number of carbonyl (C=O) groups is 2. The van der Waals surface area contributed by atoms with E-state index >= 15 is 0 Å². The minimum absolute atomic E-state index is 0.0726. The van der Waals surface area contributed by atoms with E-state index in [-0.39, 0.29) is 29.7 Å². The van der Waals surface area contributed by atoms with Crippen LogP contribution in [0.25, 0.3) is 0 Å². The lowest BCUT2D eigenvalue weighted by Crippen LogP contribution is -2.54. The number of amides is 1. The first kappa shape index (κ1) is 12.4. The third-order valence-electron chi connectivity index (χ3n) is 4.48. The predicted octanol–water partition coefficient (Wildman–Crippen LogP) is 1.31. The molecule has 0 aromatic rings. The van der Waals surface area contributed by atoms with E-state index in [0.29, 0.717) is 0 Å². The third-order valence-corrected chi connectivity index (χ3v) is 4.48. The lowest BCUT2D eigenvalue weighted by Gasteiger charge is -2.41. The molecule has 3 aliphatic rings. The van der Waals surface area contributed by atoms with Crippen LogP contribution in [0.15, 0.2) is 22.9 Å². The van der Waals surface area contributed by atoms with Gasteiger partial charge in [-0.25, -0.2) is 4.79 Å². The summed E-state index contributed by atoms with van der Waals surface area (Å²) in [6.45, 7) is 1.83. The highest BCUT2D eigenvalue weighted by Gasteiger charge is 2.58. The van der Waals surface area contributed by atoms with Crippen molar-refractivity contribution in [1.82, 2.24) is 4.90 Å². The Balaban J connectivity index is 2.10. The van der Waals surface area contributed by atoms with Crippen molar-refractivity contribution in [3.63, 3.8) is 0 Å². The van der Waals surface area contributed by atoms with Gasteiger partial charge in [-0.1, -0.05) is 6.08 Å². The summed E-state index contributed by atoms with van der Waals surface area (Å²) < 4.78 is 5.44. The Kier molecular flexibility index (Phi) is 2.74. The van der Waals surface area contributed by atoms with Crippen molar-refractivity contribution in [2.24, 2.45) is 5.92 Å². The fraction of sp³-hybridized carbons (Fsp3) is 0.571. The number of methoxy groups -OCH3 is 1. The second kappa shape index (κ2) is 4.20. The molecule has 102 valence electrons. The van der Waals surface area contributed by atoms with Gasteiger partial charge in [0.05, 0.1) is 12.1 Å². The maximum Gasteiger partial charge on any atom is 0.352 e. The number of aliphatic carboxylic acids is 1. The Hall–Kier alpha value is -1.62. The molecule has 2 aliphatic heterocycles. The predicted molar refractivity (Wildman–Crippen MR) is 67.2 cm³/mol. The van der Waals surface area contributed by atoms with Crippen molar-refractivity contribution < 1.29 is 19.4 Å². The van der Waals surface area contributed by atoms with Crippen molar-refractivity contribution in [2.45, 2.75) is 38.3 Å². The Bertz CT molecular complexity index is 520. The monoisotopic (exact) mass is 263 g/mol. The Morgan fingerprint density at radius 1 is 1.47 bits per heavy atom. The van der Waals surface area contributed by atoms with Crippen LogP contribution in [0.4, 0.5) is 0 Å². The number of hydrogen-bond donors (Lipinski definition) is 1.